The number of rotatable bonds is 4. The fourth-order valence-corrected chi connectivity index (χ4v) is 3.51. The van der Waals surface area contributed by atoms with Crippen molar-refractivity contribution in [3.8, 4) is 0 Å². The minimum atomic E-state index is -4.00. The molecular formula is C15H9BrCl3NO3S. The Hall–Kier alpha value is -1.05. The molecule has 0 radical (unpaired) electrons. The predicted octanol–water partition coefficient (Wildman–Crippen LogP) is 5.14. The van der Waals surface area contributed by atoms with Crippen LogP contribution in [0.4, 0.5) is 0 Å². The number of amides is 1. The highest BCUT2D eigenvalue weighted by Gasteiger charge is 2.16. The first kappa shape index (κ1) is 19.3. The highest BCUT2D eigenvalue weighted by atomic mass is 79.9. The summed E-state index contributed by atoms with van der Waals surface area (Å²) in [4.78, 5) is 12.0. The molecule has 0 aliphatic carbocycles. The van der Waals surface area contributed by atoms with Gasteiger partial charge in [-0.2, -0.15) is 0 Å². The molecule has 0 heterocycles. The summed E-state index contributed by atoms with van der Waals surface area (Å²) >= 11 is 20.8. The summed E-state index contributed by atoms with van der Waals surface area (Å²) in [5.41, 5.74) is 0.565. The molecule has 2 rings (SSSR count). The molecule has 24 heavy (non-hydrogen) atoms. The maximum atomic E-state index is 12.0. The van der Waals surface area contributed by atoms with Crippen molar-refractivity contribution in [3.63, 3.8) is 0 Å². The summed E-state index contributed by atoms with van der Waals surface area (Å²) in [6.07, 6.45) is 1.29. The molecule has 9 heteroatoms. The molecule has 2 aromatic carbocycles. The Balaban J connectivity index is 2.16. The predicted molar refractivity (Wildman–Crippen MR) is 101 cm³/mol. The van der Waals surface area contributed by atoms with E-state index in [-0.39, 0.29) is 10.6 Å². The van der Waals surface area contributed by atoms with Crippen LogP contribution in [-0.4, -0.2) is 14.3 Å². The van der Waals surface area contributed by atoms with Crippen LogP contribution in [0.15, 0.2) is 46.3 Å². The number of hydrogen-bond donors (Lipinski definition) is 1. The molecule has 0 saturated heterocycles. The monoisotopic (exact) mass is 467 g/mol. The molecule has 0 bridgehead atoms. The number of nitrogens with one attached hydrogen (secondary N) is 1. The van der Waals surface area contributed by atoms with Crippen LogP contribution in [0.25, 0.3) is 6.08 Å². The van der Waals surface area contributed by atoms with E-state index in [9.17, 15) is 13.2 Å². The maximum Gasteiger partial charge on any atom is 0.266 e. The second-order valence-electron chi connectivity index (χ2n) is 4.58. The van der Waals surface area contributed by atoms with Crippen LogP contribution in [0, 0.1) is 0 Å². The number of hydrogen-bond acceptors (Lipinski definition) is 3. The normalized spacial score (nSPS) is 11.7. The Kier molecular flexibility index (Phi) is 6.33. The number of benzene rings is 2. The van der Waals surface area contributed by atoms with Gasteiger partial charge >= 0.3 is 0 Å². The highest BCUT2D eigenvalue weighted by Crippen LogP contribution is 2.23. The van der Waals surface area contributed by atoms with Crippen LogP contribution in [0.5, 0.6) is 0 Å². The molecule has 0 saturated carbocycles. The van der Waals surface area contributed by atoms with Gasteiger partial charge in [-0.3, -0.25) is 4.79 Å². The van der Waals surface area contributed by atoms with E-state index >= 15 is 0 Å². The molecule has 0 aliphatic heterocycles. The smallest absolute Gasteiger partial charge is 0.266 e. The summed E-state index contributed by atoms with van der Waals surface area (Å²) in [6.45, 7) is 0. The molecule has 2 aromatic rings. The van der Waals surface area contributed by atoms with E-state index in [0.717, 1.165) is 5.41 Å². The van der Waals surface area contributed by atoms with Crippen LogP contribution in [0.3, 0.4) is 0 Å². The third-order valence-electron chi connectivity index (χ3n) is 2.79. The van der Waals surface area contributed by atoms with Crippen LogP contribution in [0.2, 0.25) is 15.1 Å². The first-order chi connectivity index (χ1) is 11.2. The standard InChI is InChI=1S/C15H9BrCl3NO3S/c16-10-2-3-11(13(18)8-10)15(21)20-24(22,23)6-5-9-1-4-12(17)14(19)7-9/h1-8H,(H,20,21)/b6-5+. The van der Waals surface area contributed by atoms with Crippen molar-refractivity contribution in [1.29, 1.82) is 0 Å². The van der Waals surface area contributed by atoms with E-state index in [1.54, 1.807) is 12.1 Å². The molecule has 0 atom stereocenters. The molecule has 126 valence electrons. The van der Waals surface area contributed by atoms with E-state index in [4.69, 9.17) is 34.8 Å². The van der Waals surface area contributed by atoms with Crippen molar-refractivity contribution in [2.24, 2.45) is 0 Å². The quantitative estimate of drug-likeness (QED) is 0.675. The molecule has 1 amide bonds. The lowest BCUT2D eigenvalue weighted by Gasteiger charge is -2.05. The summed E-state index contributed by atoms with van der Waals surface area (Å²) in [6, 6.07) is 9.13. The maximum absolute atomic E-state index is 12.0. The van der Waals surface area contributed by atoms with E-state index < -0.39 is 15.9 Å². The van der Waals surface area contributed by atoms with Gasteiger partial charge in [0.15, 0.2) is 0 Å². The molecule has 0 fully saturated rings. The summed E-state index contributed by atoms with van der Waals surface area (Å²) in [5, 5.41) is 1.64. The molecule has 1 N–H and O–H groups in total. The zero-order chi connectivity index (χ0) is 17.9. The highest BCUT2D eigenvalue weighted by molar-refractivity contribution is 9.10. The van der Waals surface area contributed by atoms with Crippen molar-refractivity contribution in [3.05, 3.63) is 72.5 Å². The Morgan fingerprint density at radius 3 is 2.33 bits per heavy atom. The lowest BCUT2D eigenvalue weighted by atomic mass is 10.2. The van der Waals surface area contributed by atoms with Gasteiger partial charge in [0.1, 0.15) is 0 Å². The molecule has 0 aliphatic rings. The lowest BCUT2D eigenvalue weighted by Crippen LogP contribution is -2.29. The second kappa shape index (κ2) is 7.89. The van der Waals surface area contributed by atoms with Crippen LogP contribution in [0.1, 0.15) is 15.9 Å². The van der Waals surface area contributed by atoms with E-state index in [1.165, 1.54) is 30.3 Å². The first-order valence-corrected chi connectivity index (χ1v) is 9.80. The molecule has 0 aromatic heterocycles. The fraction of sp³-hybridized carbons (Fsp3) is 0. The van der Waals surface area contributed by atoms with Crippen LogP contribution in [-0.2, 0) is 10.0 Å². The first-order valence-electron chi connectivity index (χ1n) is 6.33. The van der Waals surface area contributed by atoms with Gasteiger partial charge in [0.05, 0.1) is 26.0 Å². The number of carbonyl (C=O) groups excluding carboxylic acids is 1. The third kappa shape index (κ3) is 5.22. The topological polar surface area (TPSA) is 63.2 Å². The Morgan fingerprint density at radius 1 is 1.00 bits per heavy atom. The largest absolute Gasteiger partial charge is 0.268 e. The number of halogens is 4. The molecule has 4 nitrogen and oxygen atoms in total. The van der Waals surface area contributed by atoms with Gasteiger partial charge in [0, 0.05) is 4.47 Å². The van der Waals surface area contributed by atoms with Crippen molar-refractivity contribution >= 4 is 72.7 Å². The average Bonchev–Trinajstić information content (AvgIpc) is 2.48. The lowest BCUT2D eigenvalue weighted by molar-refractivity contribution is 0.0982. The SMILES string of the molecule is O=C(NS(=O)(=O)/C=C/c1ccc(Cl)c(Cl)c1)c1ccc(Br)cc1Cl. The van der Waals surface area contributed by atoms with Crippen molar-refractivity contribution in [1.82, 2.24) is 4.72 Å². The van der Waals surface area contributed by atoms with E-state index in [2.05, 4.69) is 15.9 Å². The van der Waals surface area contributed by atoms with Gasteiger partial charge in [0.25, 0.3) is 15.9 Å². The van der Waals surface area contributed by atoms with Gasteiger partial charge in [-0.15, -0.1) is 0 Å². The third-order valence-corrected chi connectivity index (χ3v) is 5.30. The zero-order valence-corrected chi connectivity index (χ0v) is 16.4. The van der Waals surface area contributed by atoms with Crippen molar-refractivity contribution < 1.29 is 13.2 Å². The molecule has 0 unspecified atom stereocenters. The average molecular weight is 470 g/mol. The molecular weight excluding hydrogens is 460 g/mol. The Bertz CT molecular complexity index is 930. The summed E-state index contributed by atoms with van der Waals surface area (Å²) in [5.74, 6) is -0.828. The number of sulfonamides is 1. The minimum Gasteiger partial charge on any atom is -0.268 e. The summed E-state index contributed by atoms with van der Waals surface area (Å²) in [7, 11) is -4.00. The summed E-state index contributed by atoms with van der Waals surface area (Å²) < 4.78 is 26.6. The van der Waals surface area contributed by atoms with Gasteiger partial charge < -0.3 is 0 Å². The van der Waals surface area contributed by atoms with E-state index in [1.807, 2.05) is 4.72 Å². The van der Waals surface area contributed by atoms with E-state index in [0.29, 0.717) is 20.1 Å². The Labute approximate surface area is 162 Å². The fourth-order valence-electron chi connectivity index (χ4n) is 1.68. The minimum absolute atomic E-state index is 0.0476. The van der Waals surface area contributed by atoms with Gasteiger partial charge in [0.2, 0.25) is 0 Å². The Morgan fingerprint density at radius 2 is 1.71 bits per heavy atom. The van der Waals surface area contributed by atoms with Gasteiger partial charge in [-0.05, 0) is 42.0 Å². The van der Waals surface area contributed by atoms with Gasteiger partial charge in [-0.25, -0.2) is 13.1 Å². The van der Waals surface area contributed by atoms with Crippen LogP contribution < -0.4 is 4.72 Å². The van der Waals surface area contributed by atoms with Crippen molar-refractivity contribution in [2.75, 3.05) is 0 Å². The number of carbonyl (C=O) groups is 1. The van der Waals surface area contributed by atoms with Crippen molar-refractivity contribution in [2.45, 2.75) is 0 Å². The second-order valence-corrected chi connectivity index (χ2v) is 8.28. The van der Waals surface area contributed by atoms with Gasteiger partial charge in [-0.1, -0.05) is 56.8 Å². The zero-order valence-electron chi connectivity index (χ0n) is 11.8. The molecule has 0 spiro atoms. The van der Waals surface area contributed by atoms with Crippen LogP contribution >= 0.6 is 50.7 Å².